The third-order valence-electron chi connectivity index (χ3n) is 3.08. The smallest absolute Gasteiger partial charge is 0.416 e. The number of aliphatic imine (C=N–C) groups is 1. The van der Waals surface area contributed by atoms with Crippen LogP contribution in [0.15, 0.2) is 53.5 Å². The summed E-state index contributed by atoms with van der Waals surface area (Å²) in [6.07, 6.45) is -4.34. The van der Waals surface area contributed by atoms with Gasteiger partial charge in [-0.25, -0.2) is 4.99 Å². The van der Waals surface area contributed by atoms with E-state index in [1.165, 1.54) is 12.1 Å². The summed E-state index contributed by atoms with van der Waals surface area (Å²) in [5.74, 6) is 0.894. The van der Waals surface area contributed by atoms with E-state index < -0.39 is 11.7 Å². The first-order chi connectivity index (χ1) is 10.9. The highest BCUT2D eigenvalue weighted by Crippen LogP contribution is 2.29. The molecule has 23 heavy (non-hydrogen) atoms. The SMILES string of the molecule is COc1ccc(NC(N)=NCc2ccc(C(F)(F)F)cc2)cc1. The van der Waals surface area contributed by atoms with Gasteiger partial charge in [-0.3, -0.25) is 0 Å². The molecule has 0 saturated heterocycles. The number of anilines is 1. The second-order valence-electron chi connectivity index (χ2n) is 4.75. The van der Waals surface area contributed by atoms with E-state index >= 15 is 0 Å². The number of ether oxygens (including phenoxy) is 1. The summed E-state index contributed by atoms with van der Waals surface area (Å²) in [5.41, 5.74) is 6.44. The van der Waals surface area contributed by atoms with E-state index in [-0.39, 0.29) is 12.5 Å². The molecule has 0 radical (unpaired) electrons. The maximum atomic E-state index is 12.5. The van der Waals surface area contributed by atoms with Crippen LogP contribution in [-0.4, -0.2) is 13.1 Å². The van der Waals surface area contributed by atoms with Crippen molar-refractivity contribution in [3.05, 3.63) is 59.7 Å². The highest BCUT2D eigenvalue weighted by atomic mass is 19.4. The molecule has 3 N–H and O–H groups in total. The number of guanidine groups is 1. The predicted octanol–water partition coefficient (Wildman–Crippen LogP) is 3.64. The third-order valence-corrected chi connectivity index (χ3v) is 3.08. The first kappa shape index (κ1) is 16.7. The highest BCUT2D eigenvalue weighted by molar-refractivity contribution is 5.92. The zero-order valence-corrected chi connectivity index (χ0v) is 12.4. The maximum Gasteiger partial charge on any atom is 0.416 e. The van der Waals surface area contributed by atoms with E-state index in [9.17, 15) is 13.2 Å². The fourth-order valence-electron chi connectivity index (χ4n) is 1.84. The van der Waals surface area contributed by atoms with Gasteiger partial charge in [-0.05, 0) is 42.0 Å². The van der Waals surface area contributed by atoms with Crippen molar-refractivity contribution >= 4 is 11.6 Å². The van der Waals surface area contributed by atoms with E-state index in [0.717, 1.165) is 23.6 Å². The van der Waals surface area contributed by atoms with Gasteiger partial charge in [-0.15, -0.1) is 0 Å². The molecule has 0 fully saturated rings. The lowest BCUT2D eigenvalue weighted by Gasteiger charge is -2.08. The van der Waals surface area contributed by atoms with Crippen LogP contribution in [0.4, 0.5) is 18.9 Å². The van der Waals surface area contributed by atoms with Gasteiger partial charge in [0.2, 0.25) is 0 Å². The molecular weight excluding hydrogens is 307 g/mol. The number of benzene rings is 2. The summed E-state index contributed by atoms with van der Waals surface area (Å²) >= 11 is 0. The van der Waals surface area contributed by atoms with E-state index in [2.05, 4.69) is 10.3 Å². The van der Waals surface area contributed by atoms with Crippen molar-refractivity contribution in [2.75, 3.05) is 12.4 Å². The Kier molecular flexibility index (Phi) is 5.10. The number of nitrogens with one attached hydrogen (secondary N) is 1. The van der Waals surface area contributed by atoms with Gasteiger partial charge in [-0.2, -0.15) is 13.2 Å². The average molecular weight is 323 g/mol. The van der Waals surface area contributed by atoms with E-state index in [4.69, 9.17) is 10.5 Å². The summed E-state index contributed by atoms with van der Waals surface area (Å²) in [5, 5.41) is 2.89. The quantitative estimate of drug-likeness (QED) is 0.667. The number of rotatable bonds is 4. The second kappa shape index (κ2) is 7.04. The minimum Gasteiger partial charge on any atom is -0.497 e. The number of methoxy groups -OCH3 is 1. The maximum absolute atomic E-state index is 12.5. The lowest BCUT2D eigenvalue weighted by Crippen LogP contribution is -2.22. The summed E-state index contributed by atoms with van der Waals surface area (Å²) in [6, 6.07) is 11.9. The summed E-state index contributed by atoms with van der Waals surface area (Å²) in [4.78, 5) is 4.09. The van der Waals surface area contributed by atoms with Gasteiger partial charge in [0.05, 0.1) is 19.2 Å². The van der Waals surface area contributed by atoms with Gasteiger partial charge >= 0.3 is 6.18 Å². The third kappa shape index (κ3) is 4.91. The van der Waals surface area contributed by atoms with Gasteiger partial charge in [0.1, 0.15) is 5.75 Å². The van der Waals surface area contributed by atoms with Gasteiger partial charge in [0.25, 0.3) is 0 Å². The van der Waals surface area contributed by atoms with Crippen LogP contribution in [0.5, 0.6) is 5.75 Å². The molecule has 0 aliphatic carbocycles. The zero-order valence-electron chi connectivity index (χ0n) is 12.4. The van der Waals surface area contributed by atoms with E-state index in [0.29, 0.717) is 5.56 Å². The number of alkyl halides is 3. The second-order valence-corrected chi connectivity index (χ2v) is 4.75. The number of halogens is 3. The Hall–Kier alpha value is -2.70. The lowest BCUT2D eigenvalue weighted by atomic mass is 10.1. The standard InChI is InChI=1S/C16H16F3N3O/c1-23-14-8-6-13(7-9-14)22-15(20)21-10-11-2-4-12(5-3-11)16(17,18)19/h2-9H,10H2,1H3,(H3,20,21,22). The Morgan fingerprint density at radius 1 is 1.09 bits per heavy atom. The largest absolute Gasteiger partial charge is 0.497 e. The molecule has 0 aliphatic heterocycles. The molecule has 0 aliphatic rings. The van der Waals surface area contributed by atoms with Crippen molar-refractivity contribution < 1.29 is 17.9 Å². The summed E-state index contributed by atoms with van der Waals surface area (Å²) in [7, 11) is 1.57. The molecular formula is C16H16F3N3O. The van der Waals surface area contributed by atoms with Crippen molar-refractivity contribution in [2.24, 2.45) is 10.7 Å². The Labute approximate surface area is 131 Å². The molecule has 2 rings (SSSR count). The normalized spacial score (nSPS) is 12.1. The molecule has 122 valence electrons. The van der Waals surface area contributed by atoms with Crippen LogP contribution >= 0.6 is 0 Å². The Balaban J connectivity index is 1.96. The Morgan fingerprint density at radius 3 is 2.22 bits per heavy atom. The molecule has 0 spiro atoms. The van der Waals surface area contributed by atoms with Crippen LogP contribution in [0.3, 0.4) is 0 Å². The molecule has 0 bridgehead atoms. The number of hydrogen-bond acceptors (Lipinski definition) is 2. The predicted molar refractivity (Wildman–Crippen MR) is 83.4 cm³/mol. The molecule has 0 saturated carbocycles. The number of nitrogens with zero attached hydrogens (tertiary/aromatic N) is 1. The molecule has 0 atom stereocenters. The molecule has 4 nitrogen and oxygen atoms in total. The van der Waals surface area contributed by atoms with Crippen molar-refractivity contribution in [2.45, 2.75) is 12.7 Å². The van der Waals surface area contributed by atoms with Crippen LogP contribution in [0.25, 0.3) is 0 Å². The van der Waals surface area contributed by atoms with Crippen LogP contribution < -0.4 is 15.8 Å². The van der Waals surface area contributed by atoms with Gasteiger partial charge in [0.15, 0.2) is 5.96 Å². The van der Waals surface area contributed by atoms with Crippen LogP contribution in [-0.2, 0) is 12.7 Å². The van der Waals surface area contributed by atoms with Crippen molar-refractivity contribution in [1.29, 1.82) is 0 Å². The first-order valence-corrected chi connectivity index (χ1v) is 6.75. The molecule has 2 aromatic carbocycles. The van der Waals surface area contributed by atoms with E-state index in [1.54, 1.807) is 31.4 Å². The highest BCUT2D eigenvalue weighted by Gasteiger charge is 2.29. The van der Waals surface area contributed by atoms with Crippen LogP contribution in [0.1, 0.15) is 11.1 Å². The van der Waals surface area contributed by atoms with E-state index in [1.807, 2.05) is 0 Å². The van der Waals surface area contributed by atoms with Crippen molar-refractivity contribution in [1.82, 2.24) is 0 Å². The summed E-state index contributed by atoms with van der Waals surface area (Å²) < 4.78 is 42.4. The minimum atomic E-state index is -4.34. The molecule has 0 amide bonds. The number of hydrogen-bond donors (Lipinski definition) is 2. The lowest BCUT2D eigenvalue weighted by molar-refractivity contribution is -0.137. The molecule has 0 heterocycles. The Morgan fingerprint density at radius 2 is 1.70 bits per heavy atom. The number of nitrogens with two attached hydrogens (primary N) is 1. The fourth-order valence-corrected chi connectivity index (χ4v) is 1.84. The average Bonchev–Trinajstić information content (AvgIpc) is 2.53. The molecule has 0 aromatic heterocycles. The van der Waals surface area contributed by atoms with Gasteiger partial charge in [0, 0.05) is 5.69 Å². The van der Waals surface area contributed by atoms with Crippen molar-refractivity contribution in [3.63, 3.8) is 0 Å². The molecule has 2 aromatic rings. The van der Waals surface area contributed by atoms with Crippen LogP contribution in [0.2, 0.25) is 0 Å². The Bertz CT molecular complexity index is 664. The molecule has 0 unspecified atom stereocenters. The van der Waals surface area contributed by atoms with Gasteiger partial charge in [-0.1, -0.05) is 12.1 Å². The molecule has 7 heteroatoms. The van der Waals surface area contributed by atoms with Crippen molar-refractivity contribution in [3.8, 4) is 5.75 Å². The monoisotopic (exact) mass is 323 g/mol. The topological polar surface area (TPSA) is 59.6 Å². The minimum absolute atomic E-state index is 0.176. The van der Waals surface area contributed by atoms with Gasteiger partial charge < -0.3 is 15.8 Å². The summed E-state index contributed by atoms with van der Waals surface area (Å²) in [6.45, 7) is 0.188. The zero-order chi connectivity index (χ0) is 16.9. The van der Waals surface area contributed by atoms with Crippen LogP contribution in [0, 0.1) is 0 Å². The fraction of sp³-hybridized carbons (Fsp3) is 0.188. The first-order valence-electron chi connectivity index (χ1n) is 6.75.